The van der Waals surface area contributed by atoms with E-state index >= 15 is 0 Å². The molecule has 2 aromatic rings. The van der Waals surface area contributed by atoms with Crippen LogP contribution in [0.25, 0.3) is 0 Å². The van der Waals surface area contributed by atoms with E-state index in [0.29, 0.717) is 31.2 Å². The van der Waals surface area contributed by atoms with Crippen molar-refractivity contribution < 1.29 is 14.3 Å². The molecule has 1 amide bonds. The van der Waals surface area contributed by atoms with Gasteiger partial charge in [0, 0.05) is 57.3 Å². The summed E-state index contributed by atoms with van der Waals surface area (Å²) in [6, 6.07) is 11.4. The van der Waals surface area contributed by atoms with E-state index in [-0.39, 0.29) is 11.9 Å². The van der Waals surface area contributed by atoms with E-state index in [2.05, 4.69) is 25.8 Å². The Balaban J connectivity index is 2.22. The molecule has 0 aliphatic heterocycles. The summed E-state index contributed by atoms with van der Waals surface area (Å²) < 4.78 is 6.17. The number of likely N-dealkylation sites (N-methyl/N-ethyl adjacent to an activating group) is 1. The maximum Gasteiger partial charge on any atom is 0.308 e. The minimum Gasteiger partial charge on any atom is -0.427 e. The van der Waals surface area contributed by atoms with Gasteiger partial charge >= 0.3 is 5.97 Å². The van der Waals surface area contributed by atoms with Crippen molar-refractivity contribution in [3.05, 3.63) is 52.6 Å². The van der Waals surface area contributed by atoms with Gasteiger partial charge < -0.3 is 14.5 Å². The van der Waals surface area contributed by atoms with Crippen LogP contribution < -0.4 is 9.64 Å². The van der Waals surface area contributed by atoms with Crippen LogP contribution in [0.1, 0.15) is 19.4 Å². The van der Waals surface area contributed by atoms with Crippen molar-refractivity contribution in [2.24, 2.45) is 0 Å². The number of rotatable bonds is 7. The Kier molecular flexibility index (Phi) is 7.15. The molecule has 2 rings (SSSR count). The van der Waals surface area contributed by atoms with Crippen LogP contribution in [-0.2, 0) is 16.1 Å². The lowest BCUT2D eigenvalue weighted by molar-refractivity contribution is -0.132. The zero-order chi connectivity index (χ0) is 19.1. The molecule has 1 aromatic carbocycles. The third-order valence-electron chi connectivity index (χ3n) is 3.83. The first-order valence-corrected chi connectivity index (χ1v) is 9.00. The largest absolute Gasteiger partial charge is 0.427 e. The highest BCUT2D eigenvalue weighted by Gasteiger charge is 2.13. The number of hydrogen-bond donors (Lipinski definition) is 0. The highest BCUT2D eigenvalue weighted by molar-refractivity contribution is 9.10. The highest BCUT2D eigenvalue weighted by Crippen LogP contribution is 2.21. The van der Waals surface area contributed by atoms with Crippen LogP contribution in [0, 0.1) is 0 Å². The molecule has 0 saturated carbocycles. The van der Waals surface area contributed by atoms with Gasteiger partial charge in [-0.1, -0.05) is 28.1 Å². The summed E-state index contributed by atoms with van der Waals surface area (Å²) in [5.74, 6) is 0.764. The summed E-state index contributed by atoms with van der Waals surface area (Å²) in [7, 11) is 1.77. The van der Waals surface area contributed by atoms with E-state index in [9.17, 15) is 9.59 Å². The molecule has 0 aliphatic rings. The number of carbonyl (C=O) groups is 2. The van der Waals surface area contributed by atoms with Gasteiger partial charge in [-0.3, -0.25) is 9.59 Å². The standard InChI is InChI=1S/C19H22BrN3O3/c1-14(24)22(3)10-11-23(13-16-4-6-17(20)7-5-16)19-12-18(8-9-21-19)26-15(2)25/h4-9,12H,10-11,13H2,1-3H3. The molecule has 26 heavy (non-hydrogen) atoms. The fraction of sp³-hybridized carbons (Fsp3) is 0.316. The fourth-order valence-electron chi connectivity index (χ4n) is 2.32. The van der Waals surface area contributed by atoms with Crippen LogP contribution in [0.2, 0.25) is 0 Å². The lowest BCUT2D eigenvalue weighted by Crippen LogP contribution is -2.35. The number of esters is 1. The highest BCUT2D eigenvalue weighted by atomic mass is 79.9. The SMILES string of the molecule is CC(=O)Oc1ccnc(N(CCN(C)C(C)=O)Cc2ccc(Br)cc2)c1. The van der Waals surface area contributed by atoms with Crippen LogP contribution in [0.15, 0.2) is 47.1 Å². The predicted molar refractivity (Wildman–Crippen MR) is 104 cm³/mol. The zero-order valence-corrected chi connectivity index (χ0v) is 16.7. The van der Waals surface area contributed by atoms with E-state index in [0.717, 1.165) is 10.0 Å². The molecule has 6 nitrogen and oxygen atoms in total. The van der Waals surface area contributed by atoms with E-state index in [1.54, 1.807) is 37.2 Å². The lowest BCUT2D eigenvalue weighted by atomic mass is 10.2. The van der Waals surface area contributed by atoms with Gasteiger partial charge in [0.2, 0.25) is 5.91 Å². The molecule has 0 unspecified atom stereocenters. The quantitative estimate of drug-likeness (QED) is 0.644. The summed E-state index contributed by atoms with van der Waals surface area (Å²) in [5.41, 5.74) is 1.11. The Morgan fingerprint density at radius 2 is 1.81 bits per heavy atom. The van der Waals surface area contributed by atoms with E-state index in [1.165, 1.54) is 6.92 Å². The molecule has 0 spiro atoms. The number of halogens is 1. The molecule has 0 bridgehead atoms. The second kappa shape index (κ2) is 9.33. The third-order valence-corrected chi connectivity index (χ3v) is 4.36. The number of nitrogens with zero attached hydrogens (tertiary/aromatic N) is 3. The molecule has 1 aromatic heterocycles. The first-order valence-electron chi connectivity index (χ1n) is 8.20. The molecular weight excluding hydrogens is 398 g/mol. The Bertz CT molecular complexity index is 765. The first-order chi connectivity index (χ1) is 12.3. The lowest BCUT2D eigenvalue weighted by Gasteiger charge is -2.26. The minimum atomic E-state index is -0.377. The summed E-state index contributed by atoms with van der Waals surface area (Å²) in [4.78, 5) is 30.8. The van der Waals surface area contributed by atoms with Crippen LogP contribution in [-0.4, -0.2) is 41.9 Å². The van der Waals surface area contributed by atoms with Gasteiger partial charge in [-0.2, -0.15) is 0 Å². The molecule has 0 saturated heterocycles. The normalized spacial score (nSPS) is 10.3. The zero-order valence-electron chi connectivity index (χ0n) is 15.1. The summed E-state index contributed by atoms with van der Waals surface area (Å²) in [6.45, 7) is 4.68. The number of benzene rings is 1. The Labute approximate surface area is 161 Å². The molecule has 1 heterocycles. The Hall–Kier alpha value is -2.41. The smallest absolute Gasteiger partial charge is 0.308 e. The summed E-state index contributed by atoms with van der Waals surface area (Å²) in [5, 5.41) is 0. The average molecular weight is 420 g/mol. The van der Waals surface area contributed by atoms with Gasteiger partial charge in [0.25, 0.3) is 0 Å². The predicted octanol–water partition coefficient (Wildman–Crippen LogP) is 3.25. The van der Waals surface area contributed by atoms with Gasteiger partial charge in [0.1, 0.15) is 11.6 Å². The Morgan fingerprint density at radius 1 is 1.12 bits per heavy atom. The van der Waals surface area contributed by atoms with Crippen molar-refractivity contribution in [3.63, 3.8) is 0 Å². The van der Waals surface area contributed by atoms with Crippen LogP contribution >= 0.6 is 15.9 Å². The summed E-state index contributed by atoms with van der Waals surface area (Å²) in [6.07, 6.45) is 1.61. The van der Waals surface area contributed by atoms with Crippen molar-refractivity contribution in [2.45, 2.75) is 20.4 Å². The molecule has 7 heteroatoms. The Morgan fingerprint density at radius 3 is 2.42 bits per heavy atom. The number of ether oxygens (including phenoxy) is 1. The number of aromatic nitrogens is 1. The van der Waals surface area contributed by atoms with Crippen molar-refractivity contribution >= 4 is 33.6 Å². The molecule has 0 radical (unpaired) electrons. The van der Waals surface area contributed by atoms with Gasteiger partial charge in [0.15, 0.2) is 0 Å². The molecule has 0 fully saturated rings. The van der Waals surface area contributed by atoms with Gasteiger partial charge in [-0.25, -0.2) is 4.98 Å². The van der Waals surface area contributed by atoms with E-state index in [4.69, 9.17) is 4.74 Å². The molecular formula is C19H22BrN3O3. The maximum atomic E-state index is 11.5. The van der Waals surface area contributed by atoms with Gasteiger partial charge in [-0.15, -0.1) is 0 Å². The molecule has 0 aliphatic carbocycles. The van der Waals surface area contributed by atoms with Gasteiger partial charge in [-0.05, 0) is 23.8 Å². The minimum absolute atomic E-state index is 0.00946. The third kappa shape index (κ3) is 6.15. The first kappa shape index (κ1) is 19.9. The molecule has 0 N–H and O–H groups in total. The number of amides is 1. The van der Waals surface area contributed by atoms with E-state index < -0.39 is 0 Å². The van der Waals surface area contributed by atoms with Crippen LogP contribution in [0.4, 0.5) is 5.82 Å². The number of anilines is 1. The second-order valence-electron chi connectivity index (χ2n) is 5.93. The maximum absolute atomic E-state index is 11.5. The monoisotopic (exact) mass is 419 g/mol. The number of hydrogen-bond acceptors (Lipinski definition) is 5. The van der Waals surface area contributed by atoms with Gasteiger partial charge in [0.05, 0.1) is 0 Å². The van der Waals surface area contributed by atoms with Crippen molar-refractivity contribution in [1.82, 2.24) is 9.88 Å². The van der Waals surface area contributed by atoms with Crippen molar-refractivity contribution in [3.8, 4) is 5.75 Å². The van der Waals surface area contributed by atoms with Crippen molar-refractivity contribution in [2.75, 3.05) is 25.0 Å². The topological polar surface area (TPSA) is 62.7 Å². The van der Waals surface area contributed by atoms with E-state index in [1.807, 2.05) is 24.3 Å². The van der Waals surface area contributed by atoms with Crippen LogP contribution in [0.3, 0.4) is 0 Å². The summed E-state index contributed by atoms with van der Waals surface area (Å²) >= 11 is 3.44. The second-order valence-corrected chi connectivity index (χ2v) is 6.85. The fourth-order valence-corrected chi connectivity index (χ4v) is 2.58. The average Bonchev–Trinajstić information content (AvgIpc) is 2.59. The van der Waals surface area contributed by atoms with Crippen LogP contribution in [0.5, 0.6) is 5.75 Å². The molecule has 138 valence electrons. The number of pyridine rings is 1. The molecule has 0 atom stereocenters. The number of carbonyl (C=O) groups excluding carboxylic acids is 2. The van der Waals surface area contributed by atoms with Crippen molar-refractivity contribution in [1.29, 1.82) is 0 Å².